The van der Waals surface area contributed by atoms with E-state index >= 15 is 0 Å². The number of nitrogens with zero attached hydrogens (tertiary/aromatic N) is 3. The fraction of sp³-hybridized carbons (Fsp3) is 0.667. The molecule has 3 rings (SSSR count). The number of hydrogen-bond acceptors (Lipinski definition) is 5. The molecule has 0 amide bonds. The third kappa shape index (κ3) is 6.78. The van der Waals surface area contributed by atoms with E-state index in [2.05, 4.69) is 31.6 Å². The molecule has 1 aromatic heterocycles. The summed E-state index contributed by atoms with van der Waals surface area (Å²) in [4.78, 5) is 11.1. The van der Waals surface area contributed by atoms with Crippen LogP contribution in [0.2, 0.25) is 0 Å². The Morgan fingerprint density at radius 3 is 2.67 bits per heavy atom. The number of rotatable bonds is 4. The average molecular weight is 507 g/mol. The molecule has 1 unspecified atom stereocenters. The maximum Gasteiger partial charge on any atom is 0.191 e. The maximum absolute atomic E-state index is 11.6. The maximum atomic E-state index is 11.6. The van der Waals surface area contributed by atoms with E-state index in [9.17, 15) is 8.42 Å². The first-order chi connectivity index (χ1) is 12.6. The highest BCUT2D eigenvalue weighted by Gasteiger charge is 2.28. The van der Waals surface area contributed by atoms with Crippen LogP contribution in [0.25, 0.3) is 0 Å². The Balaban J connectivity index is 0.00000261. The van der Waals surface area contributed by atoms with Crippen molar-refractivity contribution in [3.05, 3.63) is 23.9 Å². The molecule has 0 spiro atoms. The van der Waals surface area contributed by atoms with Crippen LogP contribution < -0.4 is 15.5 Å². The molecule has 3 heterocycles. The largest absolute Gasteiger partial charge is 0.357 e. The molecule has 0 radical (unpaired) electrons. The van der Waals surface area contributed by atoms with Crippen molar-refractivity contribution in [1.82, 2.24) is 15.6 Å². The molecule has 0 bridgehead atoms. The Morgan fingerprint density at radius 2 is 2.04 bits per heavy atom. The summed E-state index contributed by atoms with van der Waals surface area (Å²) in [6.45, 7) is 2.77. The molecule has 0 aliphatic carbocycles. The summed E-state index contributed by atoms with van der Waals surface area (Å²) < 4.78 is 23.2. The molecule has 152 valence electrons. The van der Waals surface area contributed by atoms with E-state index in [1.54, 1.807) is 7.05 Å². The van der Waals surface area contributed by atoms with Gasteiger partial charge in [-0.25, -0.2) is 13.4 Å². The molecule has 2 aliphatic rings. The number of guanidine groups is 1. The van der Waals surface area contributed by atoms with Gasteiger partial charge in [-0.3, -0.25) is 4.99 Å². The third-order valence-corrected chi connectivity index (χ3v) is 6.76. The Labute approximate surface area is 179 Å². The lowest BCUT2D eigenvalue weighted by Gasteiger charge is -2.22. The van der Waals surface area contributed by atoms with E-state index in [-0.39, 0.29) is 41.5 Å². The van der Waals surface area contributed by atoms with Gasteiger partial charge in [-0.1, -0.05) is 12.8 Å². The van der Waals surface area contributed by atoms with Crippen LogP contribution in [0.3, 0.4) is 0 Å². The molecule has 2 fully saturated rings. The molecule has 1 atom stereocenters. The zero-order chi connectivity index (χ0) is 18.4. The number of nitrogens with one attached hydrogen (secondary N) is 2. The molecule has 1 aromatic rings. The second-order valence-corrected chi connectivity index (χ2v) is 9.32. The molecule has 0 saturated carbocycles. The Hall–Kier alpha value is -1.10. The highest BCUT2D eigenvalue weighted by molar-refractivity contribution is 14.0. The van der Waals surface area contributed by atoms with Crippen LogP contribution in [0.15, 0.2) is 23.3 Å². The number of aliphatic imine (C=N–C) groups is 1. The smallest absolute Gasteiger partial charge is 0.191 e. The number of aromatic nitrogens is 1. The van der Waals surface area contributed by atoms with Gasteiger partial charge in [0, 0.05) is 38.9 Å². The Kier molecular flexibility index (Phi) is 8.59. The van der Waals surface area contributed by atoms with Crippen molar-refractivity contribution in [2.45, 2.75) is 44.7 Å². The van der Waals surface area contributed by atoms with E-state index in [0.29, 0.717) is 18.9 Å². The molecule has 2 aliphatic heterocycles. The van der Waals surface area contributed by atoms with Crippen LogP contribution in [0.4, 0.5) is 5.82 Å². The summed E-state index contributed by atoms with van der Waals surface area (Å²) in [6, 6.07) is 4.07. The zero-order valence-electron chi connectivity index (χ0n) is 15.9. The van der Waals surface area contributed by atoms with Crippen LogP contribution in [0.5, 0.6) is 0 Å². The quantitative estimate of drug-likeness (QED) is 0.368. The predicted molar refractivity (Wildman–Crippen MR) is 121 cm³/mol. The van der Waals surface area contributed by atoms with E-state index in [4.69, 9.17) is 0 Å². The van der Waals surface area contributed by atoms with Crippen molar-refractivity contribution in [2.24, 2.45) is 4.99 Å². The van der Waals surface area contributed by atoms with Crippen LogP contribution >= 0.6 is 24.0 Å². The second-order valence-electron chi connectivity index (χ2n) is 7.09. The van der Waals surface area contributed by atoms with Gasteiger partial charge in [0.2, 0.25) is 0 Å². The first-order valence-corrected chi connectivity index (χ1v) is 11.3. The SMILES string of the molecule is CN=C(NCc1ccnc(N2CCCCCC2)c1)NC1CCS(=O)(=O)C1.I. The molecule has 9 heteroatoms. The summed E-state index contributed by atoms with van der Waals surface area (Å²) in [5.74, 6) is 2.11. The average Bonchev–Trinajstić information content (AvgIpc) is 2.83. The topological polar surface area (TPSA) is 86.7 Å². The van der Waals surface area contributed by atoms with E-state index in [1.165, 1.54) is 25.7 Å². The Bertz CT molecular complexity index is 733. The second kappa shape index (κ2) is 10.4. The van der Waals surface area contributed by atoms with Gasteiger partial charge in [0.1, 0.15) is 5.82 Å². The molecule has 7 nitrogen and oxygen atoms in total. The molecule has 2 N–H and O–H groups in total. The monoisotopic (exact) mass is 507 g/mol. The number of sulfone groups is 1. The molecular weight excluding hydrogens is 477 g/mol. The minimum Gasteiger partial charge on any atom is -0.357 e. The van der Waals surface area contributed by atoms with Crippen molar-refractivity contribution in [3.8, 4) is 0 Å². The molecule has 27 heavy (non-hydrogen) atoms. The van der Waals surface area contributed by atoms with Crippen molar-refractivity contribution in [2.75, 3.05) is 36.5 Å². The van der Waals surface area contributed by atoms with Gasteiger partial charge < -0.3 is 15.5 Å². The van der Waals surface area contributed by atoms with Gasteiger partial charge in [-0.15, -0.1) is 24.0 Å². The molecular formula is C18H30IN5O2S. The van der Waals surface area contributed by atoms with E-state index < -0.39 is 9.84 Å². The molecule has 2 saturated heterocycles. The van der Waals surface area contributed by atoms with Crippen molar-refractivity contribution >= 4 is 45.6 Å². The number of anilines is 1. The highest BCUT2D eigenvalue weighted by atomic mass is 127. The summed E-state index contributed by atoms with van der Waals surface area (Å²) in [5, 5.41) is 6.49. The minimum atomic E-state index is -2.90. The van der Waals surface area contributed by atoms with Gasteiger partial charge in [-0.2, -0.15) is 0 Å². The van der Waals surface area contributed by atoms with E-state index in [0.717, 1.165) is 24.5 Å². The lowest BCUT2D eigenvalue weighted by atomic mass is 10.2. The van der Waals surface area contributed by atoms with Gasteiger partial charge >= 0.3 is 0 Å². The summed E-state index contributed by atoms with van der Waals surface area (Å²) in [5.41, 5.74) is 1.14. The van der Waals surface area contributed by atoms with Crippen molar-refractivity contribution in [1.29, 1.82) is 0 Å². The summed E-state index contributed by atoms with van der Waals surface area (Å²) in [6.07, 6.45) is 7.55. The van der Waals surface area contributed by atoms with Crippen LogP contribution in [0.1, 0.15) is 37.7 Å². The number of halogens is 1. The van der Waals surface area contributed by atoms with E-state index in [1.807, 2.05) is 12.3 Å². The van der Waals surface area contributed by atoms with Gasteiger partial charge in [0.25, 0.3) is 0 Å². The van der Waals surface area contributed by atoms with Crippen molar-refractivity contribution in [3.63, 3.8) is 0 Å². The number of hydrogen-bond donors (Lipinski definition) is 2. The minimum absolute atomic E-state index is 0. The van der Waals surface area contributed by atoms with Gasteiger partial charge in [0.05, 0.1) is 11.5 Å². The Morgan fingerprint density at radius 1 is 1.30 bits per heavy atom. The lowest BCUT2D eigenvalue weighted by Crippen LogP contribution is -2.43. The lowest BCUT2D eigenvalue weighted by molar-refractivity contribution is 0.599. The fourth-order valence-corrected chi connectivity index (χ4v) is 5.20. The highest BCUT2D eigenvalue weighted by Crippen LogP contribution is 2.18. The van der Waals surface area contributed by atoms with Gasteiger partial charge in [0.15, 0.2) is 15.8 Å². The zero-order valence-corrected chi connectivity index (χ0v) is 19.0. The predicted octanol–water partition coefficient (Wildman–Crippen LogP) is 1.93. The first kappa shape index (κ1) is 22.2. The number of pyridine rings is 1. The normalized spacial score (nSPS) is 22.6. The van der Waals surface area contributed by atoms with Crippen LogP contribution in [-0.4, -0.2) is 57.0 Å². The summed E-state index contributed by atoms with van der Waals surface area (Å²) in [7, 11) is -1.19. The van der Waals surface area contributed by atoms with Crippen LogP contribution in [0, 0.1) is 0 Å². The third-order valence-electron chi connectivity index (χ3n) is 5.00. The first-order valence-electron chi connectivity index (χ1n) is 9.43. The summed E-state index contributed by atoms with van der Waals surface area (Å²) >= 11 is 0. The standard InChI is InChI=1S/C18H29N5O2S.HI/c1-19-18(22-16-7-11-26(24,25)14-16)21-13-15-6-8-20-17(12-15)23-9-4-2-3-5-10-23;/h6,8,12,16H,2-5,7,9-11,13-14H2,1H3,(H2,19,21,22);1H. The van der Waals surface area contributed by atoms with Crippen LogP contribution in [-0.2, 0) is 16.4 Å². The fourth-order valence-electron chi connectivity index (χ4n) is 3.53. The van der Waals surface area contributed by atoms with Crippen molar-refractivity contribution < 1.29 is 8.42 Å². The molecule has 0 aromatic carbocycles. The van der Waals surface area contributed by atoms with Gasteiger partial charge in [-0.05, 0) is 37.0 Å².